The lowest BCUT2D eigenvalue weighted by Crippen LogP contribution is -2.54. The van der Waals surface area contributed by atoms with Crippen LogP contribution in [0, 0.1) is 22.7 Å². The van der Waals surface area contributed by atoms with Crippen molar-refractivity contribution >= 4 is 29.6 Å². The number of carbonyl (C=O) groups is 4. The molecule has 36 heavy (non-hydrogen) atoms. The van der Waals surface area contributed by atoms with Gasteiger partial charge in [-0.3, -0.25) is 19.3 Å². The van der Waals surface area contributed by atoms with Gasteiger partial charge in [0.2, 0.25) is 0 Å². The number of hydrogen-bond donors (Lipinski definition) is 2. The van der Waals surface area contributed by atoms with Gasteiger partial charge in [-0.2, -0.15) is 10.4 Å². The Morgan fingerprint density at radius 3 is 2.64 bits per heavy atom. The van der Waals surface area contributed by atoms with E-state index in [1.807, 2.05) is 19.1 Å². The van der Waals surface area contributed by atoms with Crippen molar-refractivity contribution in [1.82, 2.24) is 20.0 Å². The molecule has 2 unspecified atom stereocenters. The number of hydrogen-bond acceptors (Lipinski definition) is 7. The molecule has 188 valence electrons. The standard InChI is InChI=1S/C25H28N6O5/c1-16-9-24(2,3)15-25(10-16)22(34)30(23(35)29-25)13-20(33)36-14-19(32)28-21-17(11-26)12-27-31(21)18-7-5-4-6-8-18/h4-8,12,16H,9-10,13-15H2,1-3H3,(H,28,32)(H,29,35). The first-order valence-corrected chi connectivity index (χ1v) is 11.7. The summed E-state index contributed by atoms with van der Waals surface area (Å²) in [5.74, 6) is -1.68. The Morgan fingerprint density at radius 2 is 1.97 bits per heavy atom. The Bertz CT molecular complexity index is 1250. The normalized spacial score (nSPS) is 22.7. The molecule has 4 amide bonds. The minimum Gasteiger partial charge on any atom is -0.454 e. The highest BCUT2D eigenvalue weighted by molar-refractivity contribution is 6.09. The number of carbonyl (C=O) groups excluding carboxylic acids is 4. The first-order valence-electron chi connectivity index (χ1n) is 11.7. The predicted molar refractivity (Wildman–Crippen MR) is 128 cm³/mol. The minimum absolute atomic E-state index is 0.132. The third kappa shape index (κ3) is 4.93. The van der Waals surface area contributed by atoms with Crippen molar-refractivity contribution in [1.29, 1.82) is 5.26 Å². The fourth-order valence-corrected chi connectivity index (χ4v) is 5.45. The molecule has 1 spiro atoms. The number of rotatable bonds is 6. The number of amides is 4. The van der Waals surface area contributed by atoms with E-state index in [0.717, 1.165) is 11.3 Å². The van der Waals surface area contributed by atoms with Gasteiger partial charge in [0.15, 0.2) is 12.4 Å². The van der Waals surface area contributed by atoms with Crippen molar-refractivity contribution in [3.63, 3.8) is 0 Å². The van der Waals surface area contributed by atoms with Gasteiger partial charge in [0, 0.05) is 0 Å². The van der Waals surface area contributed by atoms with E-state index in [1.165, 1.54) is 10.9 Å². The number of ether oxygens (including phenoxy) is 1. The van der Waals surface area contributed by atoms with Gasteiger partial charge in [-0.25, -0.2) is 9.48 Å². The highest BCUT2D eigenvalue weighted by Crippen LogP contribution is 2.46. The van der Waals surface area contributed by atoms with E-state index in [1.54, 1.807) is 24.3 Å². The van der Waals surface area contributed by atoms with E-state index in [0.29, 0.717) is 18.5 Å². The zero-order chi connectivity index (χ0) is 26.1. The van der Waals surface area contributed by atoms with Crippen molar-refractivity contribution in [3.8, 4) is 11.8 Å². The highest BCUT2D eigenvalue weighted by atomic mass is 16.5. The molecule has 2 N–H and O–H groups in total. The van der Waals surface area contributed by atoms with Crippen LogP contribution >= 0.6 is 0 Å². The van der Waals surface area contributed by atoms with Gasteiger partial charge >= 0.3 is 12.0 Å². The fourth-order valence-electron chi connectivity index (χ4n) is 5.45. The largest absolute Gasteiger partial charge is 0.454 e. The first kappa shape index (κ1) is 24.9. The minimum atomic E-state index is -1.03. The molecule has 2 heterocycles. The van der Waals surface area contributed by atoms with E-state index in [-0.39, 0.29) is 22.7 Å². The smallest absolute Gasteiger partial charge is 0.326 e. The summed E-state index contributed by atoms with van der Waals surface area (Å²) in [6.45, 7) is 4.89. The molecule has 2 fully saturated rings. The number of urea groups is 1. The molecule has 4 rings (SSSR count). The first-order chi connectivity index (χ1) is 17.0. The summed E-state index contributed by atoms with van der Waals surface area (Å²) >= 11 is 0. The van der Waals surface area contributed by atoms with Crippen LogP contribution in [0.1, 0.15) is 45.6 Å². The summed E-state index contributed by atoms with van der Waals surface area (Å²) in [4.78, 5) is 51.5. The van der Waals surface area contributed by atoms with Crippen LogP contribution < -0.4 is 10.6 Å². The lowest BCUT2D eigenvalue weighted by molar-refractivity contribution is -0.150. The molecule has 1 saturated heterocycles. The lowest BCUT2D eigenvalue weighted by atomic mass is 9.64. The summed E-state index contributed by atoms with van der Waals surface area (Å²) in [6, 6.07) is 10.2. The molecular weight excluding hydrogens is 464 g/mol. The van der Waals surface area contributed by atoms with Crippen LogP contribution in [0.2, 0.25) is 0 Å². The van der Waals surface area contributed by atoms with E-state index >= 15 is 0 Å². The fraction of sp³-hybridized carbons (Fsp3) is 0.440. The second-order valence-electron chi connectivity index (χ2n) is 10.2. The quantitative estimate of drug-likeness (QED) is 0.465. The van der Waals surface area contributed by atoms with E-state index in [2.05, 4.69) is 29.6 Å². The molecule has 1 aliphatic heterocycles. The van der Waals surface area contributed by atoms with Crippen LogP contribution in [-0.2, 0) is 19.1 Å². The van der Waals surface area contributed by atoms with Crippen LogP contribution in [0.3, 0.4) is 0 Å². The van der Waals surface area contributed by atoms with Crippen LogP contribution in [-0.4, -0.2) is 57.2 Å². The third-order valence-corrected chi connectivity index (χ3v) is 6.42. The van der Waals surface area contributed by atoms with Crippen LogP contribution in [0.5, 0.6) is 0 Å². The predicted octanol–water partition coefficient (Wildman–Crippen LogP) is 2.36. The molecule has 1 aromatic heterocycles. The van der Waals surface area contributed by atoms with Gasteiger partial charge in [0.25, 0.3) is 11.8 Å². The van der Waals surface area contributed by atoms with Gasteiger partial charge in [0.1, 0.15) is 23.7 Å². The molecule has 1 aromatic carbocycles. The lowest BCUT2D eigenvalue weighted by Gasteiger charge is -2.43. The molecule has 0 bridgehead atoms. The summed E-state index contributed by atoms with van der Waals surface area (Å²) in [5.41, 5.74) is -0.407. The molecule has 2 aromatic rings. The number of nitrogens with zero attached hydrogens (tertiary/aromatic N) is 4. The summed E-state index contributed by atoms with van der Waals surface area (Å²) in [7, 11) is 0. The number of benzene rings is 1. The Hall–Kier alpha value is -4.20. The Balaban J connectivity index is 1.37. The van der Waals surface area contributed by atoms with Crippen LogP contribution in [0.4, 0.5) is 10.6 Å². The maximum atomic E-state index is 13.2. The molecule has 1 saturated carbocycles. The average molecular weight is 493 g/mol. The summed E-state index contributed by atoms with van der Waals surface area (Å²) in [5, 5.41) is 18.8. The zero-order valence-corrected chi connectivity index (χ0v) is 20.4. The molecule has 11 heteroatoms. The van der Waals surface area contributed by atoms with E-state index < -0.39 is 42.5 Å². The molecular formula is C25H28N6O5. The monoisotopic (exact) mass is 492 g/mol. The number of esters is 1. The molecule has 1 aliphatic carbocycles. The maximum absolute atomic E-state index is 13.2. The zero-order valence-electron chi connectivity index (χ0n) is 20.4. The van der Waals surface area contributed by atoms with Gasteiger partial charge in [-0.05, 0) is 42.7 Å². The van der Waals surface area contributed by atoms with E-state index in [4.69, 9.17) is 4.74 Å². The van der Waals surface area contributed by atoms with E-state index in [9.17, 15) is 24.4 Å². The van der Waals surface area contributed by atoms with Gasteiger partial charge in [-0.1, -0.05) is 39.0 Å². The maximum Gasteiger partial charge on any atom is 0.326 e. The summed E-state index contributed by atoms with van der Waals surface area (Å²) < 4.78 is 6.42. The van der Waals surface area contributed by atoms with Crippen molar-refractivity contribution in [2.45, 2.75) is 45.6 Å². The van der Waals surface area contributed by atoms with Crippen LogP contribution in [0.25, 0.3) is 5.69 Å². The van der Waals surface area contributed by atoms with Gasteiger partial charge < -0.3 is 15.4 Å². The van der Waals surface area contributed by atoms with Crippen molar-refractivity contribution in [3.05, 3.63) is 42.1 Å². The van der Waals surface area contributed by atoms with Crippen molar-refractivity contribution in [2.75, 3.05) is 18.5 Å². The van der Waals surface area contributed by atoms with Crippen LogP contribution in [0.15, 0.2) is 36.5 Å². The van der Waals surface area contributed by atoms with Crippen molar-refractivity contribution in [2.24, 2.45) is 11.3 Å². The second kappa shape index (κ2) is 9.45. The Labute approximate surface area is 208 Å². The third-order valence-electron chi connectivity index (χ3n) is 6.42. The summed E-state index contributed by atoms with van der Waals surface area (Å²) in [6.07, 6.45) is 3.24. The number of aromatic nitrogens is 2. The highest BCUT2D eigenvalue weighted by Gasteiger charge is 2.56. The molecule has 2 atom stereocenters. The number of nitrogens with one attached hydrogen (secondary N) is 2. The number of nitriles is 1. The number of para-hydroxylation sites is 1. The second-order valence-corrected chi connectivity index (χ2v) is 10.2. The Kier molecular flexibility index (Phi) is 6.54. The number of imide groups is 1. The number of anilines is 1. The van der Waals surface area contributed by atoms with Gasteiger partial charge in [-0.15, -0.1) is 0 Å². The van der Waals surface area contributed by atoms with Gasteiger partial charge in [0.05, 0.1) is 11.9 Å². The average Bonchev–Trinajstić information content (AvgIpc) is 3.30. The van der Waals surface area contributed by atoms with Crippen molar-refractivity contribution < 1.29 is 23.9 Å². The molecule has 0 radical (unpaired) electrons. The SMILES string of the molecule is CC1CC(C)(C)CC2(C1)NC(=O)N(CC(=O)OCC(=O)Nc1c(C#N)cnn1-c1ccccc1)C2=O. The topological polar surface area (TPSA) is 146 Å². The molecule has 2 aliphatic rings. The molecule has 11 nitrogen and oxygen atoms in total. The Morgan fingerprint density at radius 1 is 1.25 bits per heavy atom.